The summed E-state index contributed by atoms with van der Waals surface area (Å²) in [5.41, 5.74) is 1.50. The molecule has 2 aromatic heterocycles. The SMILES string of the molecule is CC(=N)c1cnccn1.CC(=O)c1cnccn1. The third-order valence-corrected chi connectivity index (χ3v) is 1.87. The van der Waals surface area contributed by atoms with E-state index in [1.807, 2.05) is 0 Å². The van der Waals surface area contributed by atoms with E-state index in [2.05, 4.69) is 19.9 Å². The molecule has 0 aliphatic rings. The van der Waals surface area contributed by atoms with Crippen molar-refractivity contribution < 1.29 is 4.79 Å². The van der Waals surface area contributed by atoms with Gasteiger partial charge >= 0.3 is 0 Å². The normalized spacial score (nSPS) is 9.00. The van der Waals surface area contributed by atoms with E-state index in [1.165, 1.54) is 25.5 Å². The summed E-state index contributed by atoms with van der Waals surface area (Å²) < 4.78 is 0. The number of rotatable bonds is 2. The minimum absolute atomic E-state index is 0.0527. The number of nitrogens with zero attached hydrogens (tertiary/aromatic N) is 4. The molecule has 0 saturated heterocycles. The molecule has 2 rings (SSSR count). The van der Waals surface area contributed by atoms with Crippen molar-refractivity contribution in [2.24, 2.45) is 0 Å². The molecule has 6 nitrogen and oxygen atoms in total. The minimum Gasteiger partial charge on any atom is -0.303 e. The maximum Gasteiger partial charge on any atom is 0.179 e. The van der Waals surface area contributed by atoms with E-state index >= 15 is 0 Å². The van der Waals surface area contributed by atoms with Gasteiger partial charge in [0.05, 0.1) is 18.1 Å². The fourth-order valence-electron chi connectivity index (χ4n) is 0.974. The number of ketones is 1. The fourth-order valence-corrected chi connectivity index (χ4v) is 0.974. The third kappa shape index (κ3) is 4.56. The van der Waals surface area contributed by atoms with Crippen LogP contribution in [0.2, 0.25) is 0 Å². The number of hydrogen-bond acceptors (Lipinski definition) is 6. The lowest BCUT2D eigenvalue weighted by Gasteiger charge is -1.91. The maximum atomic E-state index is 10.5. The Balaban J connectivity index is 0.000000180. The number of Topliss-reactive ketones (excluding diaryl/α,β-unsaturated/α-hetero) is 1. The average Bonchev–Trinajstić information content (AvgIpc) is 2.41. The molecule has 0 amide bonds. The number of aromatic nitrogens is 4. The molecule has 0 aliphatic carbocycles. The van der Waals surface area contributed by atoms with Gasteiger partial charge in [-0.15, -0.1) is 0 Å². The van der Waals surface area contributed by atoms with Gasteiger partial charge in [0.2, 0.25) is 0 Å². The molecule has 0 fully saturated rings. The van der Waals surface area contributed by atoms with E-state index in [-0.39, 0.29) is 5.78 Å². The Bertz CT molecular complexity index is 463. The predicted molar refractivity (Wildman–Crippen MR) is 66.6 cm³/mol. The van der Waals surface area contributed by atoms with Gasteiger partial charge in [-0.3, -0.25) is 19.7 Å². The highest BCUT2D eigenvalue weighted by atomic mass is 16.1. The average molecular weight is 243 g/mol. The van der Waals surface area contributed by atoms with Crippen molar-refractivity contribution in [1.82, 2.24) is 19.9 Å². The molecule has 0 spiro atoms. The van der Waals surface area contributed by atoms with E-state index in [0.29, 0.717) is 17.1 Å². The molecule has 0 saturated carbocycles. The number of nitrogens with one attached hydrogen (secondary N) is 1. The molecule has 2 aromatic rings. The summed E-state index contributed by atoms with van der Waals surface area (Å²) in [4.78, 5) is 25.7. The van der Waals surface area contributed by atoms with Crippen LogP contribution in [0.3, 0.4) is 0 Å². The van der Waals surface area contributed by atoms with Gasteiger partial charge in [0.1, 0.15) is 11.4 Å². The van der Waals surface area contributed by atoms with Crippen molar-refractivity contribution in [3.63, 3.8) is 0 Å². The van der Waals surface area contributed by atoms with Crippen LogP contribution in [0.4, 0.5) is 0 Å². The van der Waals surface area contributed by atoms with Crippen LogP contribution < -0.4 is 0 Å². The van der Waals surface area contributed by atoms with Crippen LogP contribution in [0.5, 0.6) is 0 Å². The molecule has 0 atom stereocenters. The summed E-state index contributed by atoms with van der Waals surface area (Å²) in [6.07, 6.45) is 9.22. The van der Waals surface area contributed by atoms with Gasteiger partial charge in [0.15, 0.2) is 5.78 Å². The molecule has 0 bridgehead atoms. The molecule has 18 heavy (non-hydrogen) atoms. The minimum atomic E-state index is -0.0527. The molecule has 0 unspecified atom stereocenters. The Morgan fingerprint density at radius 3 is 1.67 bits per heavy atom. The lowest BCUT2D eigenvalue weighted by molar-refractivity contribution is 0.101. The quantitative estimate of drug-likeness (QED) is 0.638. The Hall–Kier alpha value is -2.50. The summed E-state index contributed by atoms with van der Waals surface area (Å²) in [7, 11) is 0. The fraction of sp³-hybridized carbons (Fsp3) is 0.167. The molecular formula is C12H13N5O. The Kier molecular flexibility index (Phi) is 5.24. The largest absolute Gasteiger partial charge is 0.303 e. The second-order valence-electron chi connectivity index (χ2n) is 3.36. The van der Waals surface area contributed by atoms with Crippen LogP contribution >= 0.6 is 0 Å². The van der Waals surface area contributed by atoms with Gasteiger partial charge in [-0.25, -0.2) is 4.98 Å². The first kappa shape index (κ1) is 13.6. The van der Waals surface area contributed by atoms with Crippen molar-refractivity contribution in [2.75, 3.05) is 0 Å². The van der Waals surface area contributed by atoms with Crippen LogP contribution in [0.25, 0.3) is 0 Å². The number of hydrogen-bond donors (Lipinski definition) is 1. The standard InChI is InChI=1S/C6H7N3.C6H6N2O/c1-5(7)6-4-8-2-3-9-6;1-5(9)6-4-7-2-3-8-6/h2-4,7H,1H3;2-4H,1H3. The van der Waals surface area contributed by atoms with Crippen molar-refractivity contribution in [2.45, 2.75) is 13.8 Å². The molecule has 0 aromatic carbocycles. The van der Waals surface area contributed by atoms with E-state index < -0.39 is 0 Å². The monoisotopic (exact) mass is 243 g/mol. The second-order valence-corrected chi connectivity index (χ2v) is 3.36. The van der Waals surface area contributed by atoms with Gasteiger partial charge in [-0.2, -0.15) is 0 Å². The van der Waals surface area contributed by atoms with Gasteiger partial charge in [-0.05, 0) is 6.92 Å². The molecule has 1 N–H and O–H groups in total. The van der Waals surface area contributed by atoms with E-state index in [4.69, 9.17) is 5.41 Å². The summed E-state index contributed by atoms with van der Waals surface area (Å²) >= 11 is 0. The zero-order chi connectivity index (χ0) is 13.4. The van der Waals surface area contributed by atoms with Gasteiger partial charge in [0, 0.05) is 31.7 Å². The Labute approximate surface area is 105 Å². The third-order valence-electron chi connectivity index (χ3n) is 1.87. The molecular weight excluding hydrogens is 230 g/mol. The maximum absolute atomic E-state index is 10.5. The van der Waals surface area contributed by atoms with Crippen LogP contribution in [-0.4, -0.2) is 31.4 Å². The van der Waals surface area contributed by atoms with Crippen molar-refractivity contribution >= 4 is 11.5 Å². The van der Waals surface area contributed by atoms with E-state index in [1.54, 1.807) is 25.5 Å². The predicted octanol–water partition coefficient (Wildman–Crippen LogP) is 1.54. The van der Waals surface area contributed by atoms with E-state index in [9.17, 15) is 4.79 Å². The zero-order valence-corrected chi connectivity index (χ0v) is 10.2. The van der Waals surface area contributed by atoms with Crippen LogP contribution in [0.1, 0.15) is 30.0 Å². The van der Waals surface area contributed by atoms with Gasteiger partial charge in [-0.1, -0.05) is 0 Å². The van der Waals surface area contributed by atoms with Crippen LogP contribution in [-0.2, 0) is 0 Å². The molecule has 2 heterocycles. The highest BCUT2D eigenvalue weighted by Gasteiger charge is 1.96. The highest BCUT2D eigenvalue weighted by molar-refractivity contribution is 5.93. The van der Waals surface area contributed by atoms with Crippen molar-refractivity contribution in [1.29, 1.82) is 5.41 Å². The zero-order valence-electron chi connectivity index (χ0n) is 10.2. The molecule has 6 heteroatoms. The number of carbonyl (C=O) groups excluding carboxylic acids is 1. The summed E-state index contributed by atoms with van der Waals surface area (Å²) in [6.45, 7) is 3.15. The summed E-state index contributed by atoms with van der Waals surface area (Å²) in [5.74, 6) is -0.0527. The van der Waals surface area contributed by atoms with Crippen LogP contribution in [0, 0.1) is 5.41 Å². The summed E-state index contributed by atoms with van der Waals surface area (Å²) in [5, 5.41) is 7.13. The first-order valence-corrected chi connectivity index (χ1v) is 5.19. The smallest absolute Gasteiger partial charge is 0.179 e. The second kappa shape index (κ2) is 6.95. The van der Waals surface area contributed by atoms with Crippen molar-refractivity contribution in [3.05, 3.63) is 48.6 Å². The Morgan fingerprint density at radius 2 is 1.44 bits per heavy atom. The topological polar surface area (TPSA) is 92.5 Å². The van der Waals surface area contributed by atoms with Crippen LogP contribution in [0.15, 0.2) is 37.2 Å². The summed E-state index contributed by atoms with van der Waals surface area (Å²) in [6, 6.07) is 0. The molecule has 92 valence electrons. The first-order chi connectivity index (χ1) is 8.61. The molecule has 0 radical (unpaired) electrons. The van der Waals surface area contributed by atoms with E-state index in [0.717, 1.165) is 0 Å². The Morgan fingerprint density at radius 1 is 0.944 bits per heavy atom. The van der Waals surface area contributed by atoms with Crippen molar-refractivity contribution in [3.8, 4) is 0 Å². The highest BCUT2D eigenvalue weighted by Crippen LogP contribution is 1.89. The molecule has 0 aliphatic heterocycles. The van der Waals surface area contributed by atoms with Gasteiger partial charge < -0.3 is 5.41 Å². The first-order valence-electron chi connectivity index (χ1n) is 5.19. The number of carbonyl (C=O) groups is 1. The van der Waals surface area contributed by atoms with Gasteiger partial charge in [0.25, 0.3) is 0 Å². The lowest BCUT2D eigenvalue weighted by atomic mass is 10.3. The lowest BCUT2D eigenvalue weighted by Crippen LogP contribution is -1.95.